The summed E-state index contributed by atoms with van der Waals surface area (Å²) in [6.45, 7) is 0. The normalized spacial score (nSPS) is 11.2. The number of nitrogens with one attached hydrogen (secondary N) is 3. The number of alkyl carbamates (subject to hydrolysis) is 1. The first-order valence-electron chi connectivity index (χ1n) is 8.97. The minimum Gasteiger partial charge on any atom is -0.453 e. The topological polar surface area (TPSA) is 105 Å². The van der Waals surface area contributed by atoms with Crippen LogP contribution in [-0.2, 0) is 16.0 Å². The Bertz CT molecular complexity index is 934. The summed E-state index contributed by atoms with van der Waals surface area (Å²) in [4.78, 5) is 32.6. The number of hydrogen-bond donors (Lipinski definition) is 3. The Morgan fingerprint density at radius 3 is 2.24 bits per heavy atom. The molecule has 0 saturated carbocycles. The monoisotopic (exact) mass is 391 g/mol. The van der Waals surface area contributed by atoms with Crippen molar-refractivity contribution in [2.75, 3.05) is 17.7 Å². The zero-order chi connectivity index (χ0) is 20.5. The van der Waals surface area contributed by atoms with Crippen LogP contribution >= 0.6 is 0 Å². The third kappa shape index (κ3) is 6.03. The van der Waals surface area contributed by atoms with Crippen LogP contribution in [0.25, 0.3) is 0 Å². The zero-order valence-corrected chi connectivity index (χ0v) is 15.8. The molecule has 0 aliphatic carbocycles. The lowest BCUT2D eigenvalue weighted by Gasteiger charge is -2.18. The molecule has 29 heavy (non-hydrogen) atoms. The maximum atomic E-state index is 12.7. The smallest absolute Gasteiger partial charge is 0.407 e. The number of aromatic nitrogens is 2. The largest absolute Gasteiger partial charge is 0.453 e. The fourth-order valence-corrected chi connectivity index (χ4v) is 2.62. The molecule has 8 heteroatoms. The fourth-order valence-electron chi connectivity index (χ4n) is 2.62. The minimum atomic E-state index is -0.777. The summed E-state index contributed by atoms with van der Waals surface area (Å²) in [5, 5.41) is 8.46. The van der Waals surface area contributed by atoms with E-state index < -0.39 is 12.1 Å². The molecule has 0 aliphatic heterocycles. The van der Waals surface area contributed by atoms with Crippen LogP contribution < -0.4 is 16.0 Å². The van der Waals surface area contributed by atoms with Crippen molar-refractivity contribution in [2.45, 2.75) is 12.5 Å². The molecule has 0 fully saturated rings. The van der Waals surface area contributed by atoms with Crippen LogP contribution in [0.2, 0.25) is 0 Å². The number of anilines is 3. The third-order valence-corrected chi connectivity index (χ3v) is 4.05. The van der Waals surface area contributed by atoms with Crippen LogP contribution in [0.5, 0.6) is 0 Å². The van der Waals surface area contributed by atoms with E-state index in [0.717, 1.165) is 11.3 Å². The molecule has 0 saturated heterocycles. The van der Waals surface area contributed by atoms with Crippen molar-refractivity contribution >= 4 is 29.3 Å². The van der Waals surface area contributed by atoms with Gasteiger partial charge in [-0.2, -0.15) is 0 Å². The summed E-state index contributed by atoms with van der Waals surface area (Å²) in [5.74, 6) is 0.140. The van der Waals surface area contributed by atoms with Crippen molar-refractivity contribution in [1.29, 1.82) is 0 Å². The molecule has 3 aromatic rings. The summed E-state index contributed by atoms with van der Waals surface area (Å²) in [7, 11) is 1.26. The van der Waals surface area contributed by atoms with Crippen molar-refractivity contribution in [3.05, 3.63) is 78.6 Å². The second-order valence-corrected chi connectivity index (χ2v) is 6.14. The van der Waals surface area contributed by atoms with Crippen LogP contribution in [0.4, 0.5) is 22.1 Å². The van der Waals surface area contributed by atoms with E-state index in [1.807, 2.05) is 30.3 Å². The van der Waals surface area contributed by atoms with Gasteiger partial charge < -0.3 is 20.7 Å². The molecule has 1 aromatic heterocycles. The molecule has 1 atom stereocenters. The lowest BCUT2D eigenvalue weighted by molar-refractivity contribution is -0.118. The molecule has 0 spiro atoms. The Morgan fingerprint density at radius 1 is 0.931 bits per heavy atom. The number of nitrogens with zero attached hydrogens (tertiary/aromatic N) is 2. The summed E-state index contributed by atoms with van der Waals surface area (Å²) in [6.07, 6.45) is 2.96. The molecule has 3 N–H and O–H groups in total. The molecule has 8 nitrogen and oxygen atoms in total. The molecule has 3 rings (SSSR count). The van der Waals surface area contributed by atoms with E-state index >= 15 is 0 Å². The SMILES string of the molecule is COC(=O)NC(Cc1ccccc1)C(=O)Nc1ccc(Nc2ncccn2)cc1. The first-order chi connectivity index (χ1) is 14.1. The van der Waals surface area contributed by atoms with Gasteiger partial charge in [-0.25, -0.2) is 14.8 Å². The zero-order valence-electron chi connectivity index (χ0n) is 15.8. The van der Waals surface area contributed by atoms with Crippen LogP contribution in [-0.4, -0.2) is 35.1 Å². The quantitative estimate of drug-likeness (QED) is 0.571. The van der Waals surface area contributed by atoms with Crippen molar-refractivity contribution in [3.63, 3.8) is 0 Å². The summed E-state index contributed by atoms with van der Waals surface area (Å²) in [6, 6.07) is 17.5. The predicted octanol–water partition coefficient (Wildman–Crippen LogP) is 3.13. The number of ether oxygens (including phenoxy) is 1. The highest BCUT2D eigenvalue weighted by Gasteiger charge is 2.21. The summed E-state index contributed by atoms with van der Waals surface area (Å²) < 4.78 is 4.64. The lowest BCUT2D eigenvalue weighted by atomic mass is 10.1. The summed E-state index contributed by atoms with van der Waals surface area (Å²) >= 11 is 0. The average molecular weight is 391 g/mol. The Kier molecular flexibility index (Phi) is 6.72. The van der Waals surface area contributed by atoms with E-state index in [9.17, 15) is 9.59 Å². The Morgan fingerprint density at radius 2 is 1.59 bits per heavy atom. The van der Waals surface area contributed by atoms with Crippen molar-refractivity contribution in [3.8, 4) is 0 Å². The second kappa shape index (κ2) is 9.84. The van der Waals surface area contributed by atoms with Crippen LogP contribution in [0.3, 0.4) is 0 Å². The van der Waals surface area contributed by atoms with E-state index in [2.05, 4.69) is 30.7 Å². The third-order valence-electron chi connectivity index (χ3n) is 4.05. The van der Waals surface area contributed by atoms with Gasteiger partial charge in [-0.1, -0.05) is 30.3 Å². The Labute approximate surface area is 168 Å². The molecular weight excluding hydrogens is 370 g/mol. The van der Waals surface area contributed by atoms with Gasteiger partial charge in [0.2, 0.25) is 11.9 Å². The second-order valence-electron chi connectivity index (χ2n) is 6.14. The molecule has 0 aliphatic rings. The highest BCUT2D eigenvalue weighted by molar-refractivity contribution is 5.96. The molecular formula is C21H21N5O3. The first kappa shape index (κ1) is 19.8. The van der Waals surface area contributed by atoms with Gasteiger partial charge in [-0.15, -0.1) is 0 Å². The maximum absolute atomic E-state index is 12.7. The Hall–Kier alpha value is -3.94. The molecule has 148 valence electrons. The maximum Gasteiger partial charge on any atom is 0.407 e. The summed E-state index contributed by atoms with van der Waals surface area (Å²) in [5.41, 5.74) is 2.30. The van der Waals surface area contributed by atoms with Crippen molar-refractivity contribution in [2.24, 2.45) is 0 Å². The molecule has 2 aromatic carbocycles. The fraction of sp³-hybridized carbons (Fsp3) is 0.143. The van der Waals surface area contributed by atoms with E-state index in [-0.39, 0.29) is 5.91 Å². The van der Waals surface area contributed by atoms with E-state index in [4.69, 9.17) is 0 Å². The van der Waals surface area contributed by atoms with Crippen molar-refractivity contribution in [1.82, 2.24) is 15.3 Å². The number of amides is 2. The highest BCUT2D eigenvalue weighted by Crippen LogP contribution is 2.17. The van der Waals surface area contributed by atoms with Crippen molar-refractivity contribution < 1.29 is 14.3 Å². The van der Waals surface area contributed by atoms with Gasteiger partial charge in [0.05, 0.1) is 7.11 Å². The van der Waals surface area contributed by atoms with Gasteiger partial charge in [-0.05, 0) is 35.9 Å². The Balaban J connectivity index is 1.65. The molecule has 0 radical (unpaired) electrons. The van der Waals surface area contributed by atoms with Gasteiger partial charge in [0.1, 0.15) is 6.04 Å². The standard InChI is InChI=1S/C21H21N5O3/c1-29-21(28)26-18(14-15-6-3-2-4-7-15)19(27)24-16-8-10-17(11-9-16)25-20-22-12-5-13-23-20/h2-13,18H,14H2,1H3,(H,24,27)(H,26,28)(H,22,23,25). The minimum absolute atomic E-state index is 0.340. The molecule has 2 amide bonds. The average Bonchev–Trinajstić information content (AvgIpc) is 2.76. The predicted molar refractivity (Wildman–Crippen MR) is 110 cm³/mol. The first-order valence-corrected chi connectivity index (χ1v) is 8.97. The molecule has 0 bridgehead atoms. The highest BCUT2D eigenvalue weighted by atomic mass is 16.5. The van der Waals surface area contributed by atoms with E-state index in [1.54, 1.807) is 42.7 Å². The van der Waals surface area contributed by atoms with Crippen LogP contribution in [0, 0.1) is 0 Å². The van der Waals surface area contributed by atoms with Gasteiger partial charge in [0.25, 0.3) is 0 Å². The molecule has 1 heterocycles. The number of benzene rings is 2. The van der Waals surface area contributed by atoms with Gasteiger partial charge in [-0.3, -0.25) is 4.79 Å². The number of carbonyl (C=O) groups is 2. The van der Waals surface area contributed by atoms with E-state index in [0.29, 0.717) is 18.1 Å². The van der Waals surface area contributed by atoms with Crippen LogP contribution in [0.15, 0.2) is 73.1 Å². The van der Waals surface area contributed by atoms with Gasteiger partial charge >= 0.3 is 6.09 Å². The van der Waals surface area contributed by atoms with E-state index in [1.165, 1.54) is 7.11 Å². The number of methoxy groups -OCH3 is 1. The van der Waals surface area contributed by atoms with Gasteiger partial charge in [0.15, 0.2) is 0 Å². The number of carbonyl (C=O) groups excluding carboxylic acids is 2. The number of hydrogen-bond acceptors (Lipinski definition) is 6. The van der Waals surface area contributed by atoms with Crippen LogP contribution in [0.1, 0.15) is 5.56 Å². The molecule has 1 unspecified atom stereocenters. The number of rotatable bonds is 7. The lowest BCUT2D eigenvalue weighted by Crippen LogP contribution is -2.45. The van der Waals surface area contributed by atoms with Gasteiger partial charge in [0, 0.05) is 30.2 Å².